The number of halogens is 1. The lowest BCUT2D eigenvalue weighted by Crippen LogP contribution is -2.46. The summed E-state index contributed by atoms with van der Waals surface area (Å²) in [6.45, 7) is 7.63. The van der Waals surface area contributed by atoms with Crippen LogP contribution < -0.4 is 10.6 Å². The van der Waals surface area contributed by atoms with Gasteiger partial charge in [0.1, 0.15) is 0 Å². The Morgan fingerprint density at radius 1 is 1.27 bits per heavy atom. The van der Waals surface area contributed by atoms with Gasteiger partial charge in [-0.2, -0.15) is 0 Å². The molecule has 0 aliphatic rings. The van der Waals surface area contributed by atoms with Crippen molar-refractivity contribution in [3.05, 3.63) is 28.8 Å². The minimum Gasteiger partial charge on any atom is -0.353 e. The molecule has 0 spiro atoms. The molecule has 0 aromatic heterocycles. The number of nitrogens with one attached hydrogen (secondary N) is 2. The van der Waals surface area contributed by atoms with Crippen LogP contribution in [0.25, 0.3) is 0 Å². The monoisotopic (exact) mass is 325 g/mol. The van der Waals surface area contributed by atoms with E-state index in [9.17, 15) is 9.59 Å². The minimum atomic E-state index is -0.434. The molecule has 1 unspecified atom stereocenters. The van der Waals surface area contributed by atoms with Crippen LogP contribution in [0.3, 0.4) is 0 Å². The Balaban J connectivity index is 2.64. The lowest BCUT2D eigenvalue weighted by Gasteiger charge is -2.24. The van der Waals surface area contributed by atoms with Gasteiger partial charge in [0.25, 0.3) is 0 Å². The third-order valence-corrected chi connectivity index (χ3v) is 3.58. The first kappa shape index (κ1) is 18.5. The van der Waals surface area contributed by atoms with Gasteiger partial charge in [-0.15, -0.1) is 0 Å². The van der Waals surface area contributed by atoms with Gasteiger partial charge >= 0.3 is 0 Å². The fraction of sp³-hybridized carbons (Fsp3) is 0.500. The predicted octanol–water partition coefficient (Wildman–Crippen LogP) is 2.43. The standard InChI is InChI=1S/C16H24ClN3O2/c1-10(2)18-15(21)9-20(5)12(4)16(22)19-14-8-13(17)7-6-11(14)3/h6-8,10,12H,9H2,1-5H3,(H,18,21)(H,19,22). The molecular weight excluding hydrogens is 302 g/mol. The van der Waals surface area contributed by atoms with Gasteiger partial charge in [-0.3, -0.25) is 14.5 Å². The van der Waals surface area contributed by atoms with E-state index in [-0.39, 0.29) is 24.4 Å². The largest absolute Gasteiger partial charge is 0.353 e. The zero-order valence-electron chi connectivity index (χ0n) is 13.7. The second-order valence-corrected chi connectivity index (χ2v) is 6.20. The van der Waals surface area contributed by atoms with E-state index in [0.29, 0.717) is 10.7 Å². The molecule has 0 fully saturated rings. The van der Waals surface area contributed by atoms with Crippen LogP contribution in [0.4, 0.5) is 5.69 Å². The topological polar surface area (TPSA) is 61.4 Å². The van der Waals surface area contributed by atoms with Crippen molar-refractivity contribution < 1.29 is 9.59 Å². The van der Waals surface area contributed by atoms with Crippen LogP contribution in [0.5, 0.6) is 0 Å². The average molecular weight is 326 g/mol. The summed E-state index contributed by atoms with van der Waals surface area (Å²) in [7, 11) is 1.75. The van der Waals surface area contributed by atoms with Gasteiger partial charge in [-0.05, 0) is 52.4 Å². The number of rotatable bonds is 6. The van der Waals surface area contributed by atoms with Crippen molar-refractivity contribution in [3.8, 4) is 0 Å². The minimum absolute atomic E-state index is 0.0825. The van der Waals surface area contributed by atoms with Crippen molar-refractivity contribution in [3.63, 3.8) is 0 Å². The average Bonchev–Trinajstić information content (AvgIpc) is 2.40. The highest BCUT2D eigenvalue weighted by Crippen LogP contribution is 2.20. The number of hydrogen-bond donors (Lipinski definition) is 2. The normalized spacial score (nSPS) is 12.4. The molecular formula is C16H24ClN3O2. The van der Waals surface area contributed by atoms with Crippen molar-refractivity contribution in [2.75, 3.05) is 18.9 Å². The summed E-state index contributed by atoms with van der Waals surface area (Å²) in [6.07, 6.45) is 0. The Morgan fingerprint density at radius 3 is 2.50 bits per heavy atom. The fourth-order valence-electron chi connectivity index (χ4n) is 1.90. The maximum Gasteiger partial charge on any atom is 0.241 e. The summed E-state index contributed by atoms with van der Waals surface area (Å²) in [6, 6.07) is 4.99. The van der Waals surface area contributed by atoms with Crippen molar-refractivity contribution in [1.29, 1.82) is 0 Å². The lowest BCUT2D eigenvalue weighted by atomic mass is 10.2. The van der Waals surface area contributed by atoms with Crippen LogP contribution in [-0.2, 0) is 9.59 Å². The SMILES string of the molecule is Cc1ccc(Cl)cc1NC(=O)C(C)N(C)CC(=O)NC(C)C. The third-order valence-electron chi connectivity index (χ3n) is 3.34. The third kappa shape index (κ3) is 5.66. The molecule has 0 bridgehead atoms. The second-order valence-electron chi connectivity index (χ2n) is 5.76. The second kappa shape index (κ2) is 8.15. The summed E-state index contributed by atoms with van der Waals surface area (Å²) in [5.41, 5.74) is 1.62. The van der Waals surface area contributed by atoms with Crippen molar-refractivity contribution >= 4 is 29.1 Å². The smallest absolute Gasteiger partial charge is 0.241 e. The Kier molecular flexibility index (Phi) is 6.84. The number of likely N-dealkylation sites (N-methyl/N-ethyl adjacent to an activating group) is 1. The van der Waals surface area contributed by atoms with E-state index in [1.54, 1.807) is 31.0 Å². The zero-order valence-corrected chi connectivity index (χ0v) is 14.5. The maximum atomic E-state index is 12.3. The zero-order chi connectivity index (χ0) is 16.9. The highest BCUT2D eigenvalue weighted by Gasteiger charge is 2.20. The Morgan fingerprint density at radius 2 is 1.91 bits per heavy atom. The Hall–Kier alpha value is -1.59. The Labute approximate surface area is 137 Å². The molecule has 1 aromatic rings. The molecule has 5 nitrogen and oxygen atoms in total. The van der Waals surface area contributed by atoms with E-state index in [1.165, 1.54) is 0 Å². The molecule has 1 aromatic carbocycles. The number of nitrogens with zero attached hydrogens (tertiary/aromatic N) is 1. The molecule has 2 amide bonds. The van der Waals surface area contributed by atoms with E-state index in [0.717, 1.165) is 5.56 Å². The van der Waals surface area contributed by atoms with E-state index in [1.807, 2.05) is 26.8 Å². The number of carbonyl (C=O) groups is 2. The van der Waals surface area contributed by atoms with E-state index in [4.69, 9.17) is 11.6 Å². The quantitative estimate of drug-likeness (QED) is 0.844. The van der Waals surface area contributed by atoms with Crippen molar-refractivity contribution in [2.24, 2.45) is 0 Å². The fourth-order valence-corrected chi connectivity index (χ4v) is 2.07. The summed E-state index contributed by atoms with van der Waals surface area (Å²) in [5, 5.41) is 6.22. The van der Waals surface area contributed by atoms with Gasteiger partial charge in [0, 0.05) is 16.8 Å². The maximum absolute atomic E-state index is 12.3. The molecule has 0 saturated heterocycles. The van der Waals surface area contributed by atoms with Gasteiger partial charge in [0.2, 0.25) is 11.8 Å². The molecule has 0 aliphatic carbocycles. The van der Waals surface area contributed by atoms with Gasteiger partial charge in [-0.25, -0.2) is 0 Å². The summed E-state index contributed by atoms with van der Waals surface area (Å²) in [4.78, 5) is 25.7. The number of carbonyl (C=O) groups excluding carboxylic acids is 2. The highest BCUT2D eigenvalue weighted by molar-refractivity contribution is 6.31. The number of aryl methyl sites for hydroxylation is 1. The van der Waals surface area contributed by atoms with Crippen molar-refractivity contribution in [2.45, 2.75) is 39.8 Å². The number of anilines is 1. The first-order chi connectivity index (χ1) is 10.2. The van der Waals surface area contributed by atoms with Gasteiger partial charge in [-0.1, -0.05) is 17.7 Å². The summed E-state index contributed by atoms with van der Waals surface area (Å²) >= 11 is 5.95. The van der Waals surface area contributed by atoms with Crippen molar-refractivity contribution in [1.82, 2.24) is 10.2 Å². The molecule has 0 saturated carbocycles. The van der Waals surface area contributed by atoms with Crippen LogP contribution in [0, 0.1) is 6.92 Å². The molecule has 0 aliphatic heterocycles. The number of hydrogen-bond acceptors (Lipinski definition) is 3. The first-order valence-corrected chi connectivity index (χ1v) is 7.65. The van der Waals surface area contributed by atoms with Crippen LogP contribution in [0.15, 0.2) is 18.2 Å². The van der Waals surface area contributed by atoms with Crippen LogP contribution in [-0.4, -0.2) is 42.4 Å². The van der Waals surface area contributed by atoms with E-state index in [2.05, 4.69) is 10.6 Å². The van der Waals surface area contributed by atoms with Crippen LogP contribution >= 0.6 is 11.6 Å². The van der Waals surface area contributed by atoms with Gasteiger partial charge < -0.3 is 10.6 Å². The Bertz CT molecular complexity index is 546. The lowest BCUT2D eigenvalue weighted by molar-refractivity contribution is -0.125. The molecule has 122 valence electrons. The van der Waals surface area contributed by atoms with E-state index < -0.39 is 6.04 Å². The molecule has 22 heavy (non-hydrogen) atoms. The van der Waals surface area contributed by atoms with Crippen LogP contribution in [0.1, 0.15) is 26.3 Å². The molecule has 0 heterocycles. The van der Waals surface area contributed by atoms with E-state index >= 15 is 0 Å². The first-order valence-electron chi connectivity index (χ1n) is 7.27. The predicted molar refractivity (Wildman–Crippen MR) is 90.2 cm³/mol. The summed E-state index contributed by atoms with van der Waals surface area (Å²) < 4.78 is 0. The number of amides is 2. The van der Waals surface area contributed by atoms with Crippen LogP contribution in [0.2, 0.25) is 5.02 Å². The van der Waals surface area contributed by atoms with Gasteiger partial charge in [0.05, 0.1) is 12.6 Å². The highest BCUT2D eigenvalue weighted by atomic mass is 35.5. The molecule has 2 N–H and O–H groups in total. The van der Waals surface area contributed by atoms with Gasteiger partial charge in [0.15, 0.2) is 0 Å². The molecule has 1 atom stereocenters. The molecule has 1 rings (SSSR count). The molecule has 6 heteroatoms. The molecule has 0 radical (unpaired) electrons. The number of benzene rings is 1. The summed E-state index contributed by atoms with van der Waals surface area (Å²) in [5.74, 6) is -0.277.